The summed E-state index contributed by atoms with van der Waals surface area (Å²) in [4.78, 5) is 2.61. The highest BCUT2D eigenvalue weighted by molar-refractivity contribution is 8.00. The highest BCUT2D eigenvalue weighted by Crippen LogP contribution is 2.25. The molecule has 2 heterocycles. The molecule has 0 bridgehead atoms. The van der Waals surface area contributed by atoms with Gasteiger partial charge in [0, 0.05) is 30.9 Å². The van der Waals surface area contributed by atoms with Crippen molar-refractivity contribution in [3.63, 3.8) is 0 Å². The maximum Gasteiger partial charge on any atom is 0.0234 e. The summed E-state index contributed by atoms with van der Waals surface area (Å²) >= 11 is 2.16. The van der Waals surface area contributed by atoms with Crippen molar-refractivity contribution >= 4 is 11.8 Å². The molecule has 2 fully saturated rings. The molecule has 3 heteroatoms. The molecule has 110 valence electrons. The number of nitrogens with zero attached hydrogens (tertiary/aromatic N) is 1. The van der Waals surface area contributed by atoms with Gasteiger partial charge < -0.3 is 5.32 Å². The maximum atomic E-state index is 3.82. The van der Waals surface area contributed by atoms with E-state index in [1.165, 1.54) is 56.6 Å². The topological polar surface area (TPSA) is 15.3 Å². The van der Waals surface area contributed by atoms with Gasteiger partial charge in [-0.25, -0.2) is 0 Å². The van der Waals surface area contributed by atoms with Crippen LogP contribution in [0.3, 0.4) is 0 Å². The van der Waals surface area contributed by atoms with Crippen molar-refractivity contribution in [2.75, 3.05) is 25.4 Å². The van der Waals surface area contributed by atoms with Crippen molar-refractivity contribution < 1.29 is 0 Å². The van der Waals surface area contributed by atoms with E-state index in [9.17, 15) is 0 Å². The lowest BCUT2D eigenvalue weighted by atomic mass is 10.0. The Morgan fingerprint density at radius 3 is 2.85 bits per heavy atom. The largest absolute Gasteiger partial charge is 0.312 e. The van der Waals surface area contributed by atoms with E-state index in [1.54, 1.807) is 0 Å². The summed E-state index contributed by atoms with van der Waals surface area (Å²) in [6.45, 7) is 4.79. The first-order valence-electron chi connectivity index (χ1n) is 8.01. The highest BCUT2D eigenvalue weighted by atomic mass is 32.2. The summed E-state index contributed by atoms with van der Waals surface area (Å²) in [5, 5.41) is 4.69. The van der Waals surface area contributed by atoms with Crippen LogP contribution in [0.25, 0.3) is 0 Å². The molecule has 1 aromatic rings. The Morgan fingerprint density at radius 1 is 1.15 bits per heavy atom. The van der Waals surface area contributed by atoms with E-state index < -0.39 is 0 Å². The van der Waals surface area contributed by atoms with Gasteiger partial charge in [-0.05, 0) is 43.5 Å². The van der Waals surface area contributed by atoms with E-state index in [-0.39, 0.29) is 0 Å². The Morgan fingerprint density at radius 2 is 2.05 bits per heavy atom. The highest BCUT2D eigenvalue weighted by Gasteiger charge is 2.22. The van der Waals surface area contributed by atoms with Crippen molar-refractivity contribution in [1.29, 1.82) is 0 Å². The van der Waals surface area contributed by atoms with Crippen LogP contribution in [0.2, 0.25) is 0 Å². The minimum atomic E-state index is 0.702. The molecule has 2 unspecified atom stereocenters. The molecule has 0 saturated carbocycles. The molecule has 2 nitrogen and oxygen atoms in total. The average Bonchev–Trinajstić information content (AvgIpc) is 3.00. The number of thioether (sulfide) groups is 1. The zero-order valence-electron chi connectivity index (χ0n) is 12.3. The van der Waals surface area contributed by atoms with Crippen LogP contribution >= 0.6 is 11.8 Å². The van der Waals surface area contributed by atoms with Crippen LogP contribution in [0.1, 0.15) is 31.2 Å². The normalized spacial score (nSPS) is 27.8. The summed E-state index contributed by atoms with van der Waals surface area (Å²) in [5.41, 5.74) is 1.44. The SMILES string of the molecule is c1ccc(CN2CCCC(NCC3CCCS3)C2)cc1. The molecule has 2 saturated heterocycles. The minimum absolute atomic E-state index is 0.702. The Bertz CT molecular complexity index is 389. The standard InChI is InChI=1S/C17H26N2S/c1-2-6-15(7-3-1)13-19-10-4-8-16(14-19)18-12-17-9-5-11-20-17/h1-3,6-7,16-18H,4-5,8-14H2. The van der Waals surface area contributed by atoms with Gasteiger partial charge in [-0.3, -0.25) is 4.90 Å². The summed E-state index contributed by atoms with van der Waals surface area (Å²) < 4.78 is 0. The number of hydrogen-bond acceptors (Lipinski definition) is 3. The predicted octanol–water partition coefficient (Wildman–Crippen LogP) is 3.14. The molecule has 2 aliphatic rings. The molecule has 20 heavy (non-hydrogen) atoms. The molecule has 0 aromatic heterocycles. The van der Waals surface area contributed by atoms with Gasteiger partial charge in [0.2, 0.25) is 0 Å². The summed E-state index contributed by atoms with van der Waals surface area (Å²) in [6, 6.07) is 11.6. The van der Waals surface area contributed by atoms with Crippen molar-refractivity contribution in [2.24, 2.45) is 0 Å². The molecule has 2 aliphatic heterocycles. The van der Waals surface area contributed by atoms with Crippen molar-refractivity contribution in [2.45, 2.75) is 43.5 Å². The number of benzene rings is 1. The maximum absolute atomic E-state index is 3.82. The second-order valence-electron chi connectivity index (χ2n) is 6.10. The smallest absolute Gasteiger partial charge is 0.0234 e. The molecule has 2 atom stereocenters. The number of nitrogens with one attached hydrogen (secondary N) is 1. The van der Waals surface area contributed by atoms with Crippen LogP contribution in [0.4, 0.5) is 0 Å². The lowest BCUT2D eigenvalue weighted by molar-refractivity contribution is 0.183. The molecule has 0 amide bonds. The summed E-state index contributed by atoms with van der Waals surface area (Å²) in [7, 11) is 0. The third kappa shape index (κ3) is 4.24. The monoisotopic (exact) mass is 290 g/mol. The van der Waals surface area contributed by atoms with Crippen LogP contribution in [-0.4, -0.2) is 41.6 Å². The number of likely N-dealkylation sites (tertiary alicyclic amines) is 1. The van der Waals surface area contributed by atoms with Crippen molar-refractivity contribution in [1.82, 2.24) is 10.2 Å². The first kappa shape index (κ1) is 14.4. The first-order chi connectivity index (χ1) is 9.90. The lowest BCUT2D eigenvalue weighted by Gasteiger charge is -2.33. The van der Waals surface area contributed by atoms with E-state index in [4.69, 9.17) is 0 Å². The Balaban J connectivity index is 1.44. The molecule has 0 radical (unpaired) electrons. The quantitative estimate of drug-likeness (QED) is 0.897. The van der Waals surface area contributed by atoms with Crippen LogP contribution in [0.15, 0.2) is 30.3 Å². The van der Waals surface area contributed by atoms with E-state index in [0.29, 0.717) is 6.04 Å². The van der Waals surface area contributed by atoms with E-state index in [0.717, 1.165) is 11.8 Å². The third-order valence-corrected chi connectivity index (χ3v) is 5.81. The van der Waals surface area contributed by atoms with Gasteiger partial charge >= 0.3 is 0 Å². The predicted molar refractivity (Wildman–Crippen MR) is 88.2 cm³/mol. The molecule has 1 N–H and O–H groups in total. The van der Waals surface area contributed by atoms with Crippen molar-refractivity contribution in [3.8, 4) is 0 Å². The third-order valence-electron chi connectivity index (χ3n) is 4.41. The Kier molecular flexibility index (Phi) is 5.40. The van der Waals surface area contributed by atoms with Crippen LogP contribution < -0.4 is 5.32 Å². The molecular weight excluding hydrogens is 264 g/mol. The zero-order chi connectivity index (χ0) is 13.6. The fraction of sp³-hybridized carbons (Fsp3) is 0.647. The average molecular weight is 290 g/mol. The minimum Gasteiger partial charge on any atom is -0.312 e. The van der Waals surface area contributed by atoms with Gasteiger partial charge in [0.25, 0.3) is 0 Å². The van der Waals surface area contributed by atoms with Gasteiger partial charge in [-0.15, -0.1) is 0 Å². The molecule has 1 aromatic carbocycles. The van der Waals surface area contributed by atoms with Crippen LogP contribution in [0.5, 0.6) is 0 Å². The second-order valence-corrected chi connectivity index (χ2v) is 7.51. The number of piperidine rings is 1. The summed E-state index contributed by atoms with van der Waals surface area (Å²) in [5.74, 6) is 1.37. The van der Waals surface area contributed by atoms with Gasteiger partial charge in [-0.2, -0.15) is 11.8 Å². The van der Waals surface area contributed by atoms with Gasteiger partial charge in [0.05, 0.1) is 0 Å². The molecule has 0 spiro atoms. The fourth-order valence-electron chi connectivity index (χ4n) is 3.31. The fourth-order valence-corrected chi connectivity index (χ4v) is 4.52. The number of hydrogen-bond donors (Lipinski definition) is 1. The van der Waals surface area contributed by atoms with Crippen LogP contribution in [0, 0.1) is 0 Å². The number of rotatable bonds is 5. The first-order valence-corrected chi connectivity index (χ1v) is 9.06. The van der Waals surface area contributed by atoms with Gasteiger partial charge in [0.1, 0.15) is 0 Å². The van der Waals surface area contributed by atoms with E-state index in [2.05, 4.69) is 52.3 Å². The molecule has 0 aliphatic carbocycles. The molecular formula is C17H26N2S. The van der Waals surface area contributed by atoms with E-state index >= 15 is 0 Å². The Labute approximate surface area is 127 Å². The van der Waals surface area contributed by atoms with E-state index in [1.807, 2.05) is 0 Å². The summed E-state index contributed by atoms with van der Waals surface area (Å²) in [6.07, 6.45) is 5.52. The molecule has 3 rings (SSSR count). The lowest BCUT2D eigenvalue weighted by Crippen LogP contribution is -2.46. The Hall–Kier alpha value is -0.510. The van der Waals surface area contributed by atoms with Gasteiger partial charge in [0.15, 0.2) is 0 Å². The van der Waals surface area contributed by atoms with Gasteiger partial charge in [-0.1, -0.05) is 30.3 Å². The second kappa shape index (κ2) is 7.48. The zero-order valence-corrected chi connectivity index (χ0v) is 13.1. The van der Waals surface area contributed by atoms with Crippen molar-refractivity contribution in [3.05, 3.63) is 35.9 Å². The van der Waals surface area contributed by atoms with Crippen LogP contribution in [-0.2, 0) is 6.54 Å².